The molecule has 0 saturated heterocycles. The molecule has 1 N–H and O–H groups in total. The topological polar surface area (TPSA) is 81.3 Å². The number of aromatic nitrogens is 2. The summed E-state index contributed by atoms with van der Waals surface area (Å²) < 4.78 is 46.2. The quantitative estimate of drug-likeness (QED) is 0.297. The van der Waals surface area contributed by atoms with Crippen LogP contribution in [0.5, 0.6) is 5.75 Å². The van der Waals surface area contributed by atoms with E-state index >= 15 is 0 Å². The van der Waals surface area contributed by atoms with Crippen LogP contribution in [0.2, 0.25) is 0 Å². The van der Waals surface area contributed by atoms with Crippen molar-refractivity contribution in [3.05, 3.63) is 96.4 Å². The largest absolute Gasteiger partial charge is 0.491 e. The van der Waals surface area contributed by atoms with Gasteiger partial charge >= 0.3 is 18.1 Å². The summed E-state index contributed by atoms with van der Waals surface area (Å²) in [6, 6.07) is 22.6. The molecule has 0 fully saturated rings. The SMILES string of the molecule is O=C(OC(=O)C(F)(F)F)c1ccc(-c2ccc(-c3cnc(COc4ccccc4)[nH]3)cc2)cc1. The Bertz CT molecular complexity index is 1280. The average Bonchev–Trinajstić information content (AvgIpc) is 3.32. The number of carbonyl (C=O) groups excluding carboxylic acids is 2. The van der Waals surface area contributed by atoms with Crippen LogP contribution < -0.4 is 4.74 Å². The maximum atomic E-state index is 12.2. The summed E-state index contributed by atoms with van der Waals surface area (Å²) in [5.41, 5.74) is 3.09. The van der Waals surface area contributed by atoms with E-state index < -0.39 is 18.1 Å². The molecule has 1 aromatic heterocycles. The monoisotopic (exact) mass is 466 g/mol. The first-order chi connectivity index (χ1) is 16.3. The van der Waals surface area contributed by atoms with Gasteiger partial charge in [0.2, 0.25) is 0 Å². The number of nitrogens with one attached hydrogen (secondary N) is 1. The third-order valence-corrected chi connectivity index (χ3v) is 4.81. The van der Waals surface area contributed by atoms with Crippen LogP contribution in [0.1, 0.15) is 16.2 Å². The molecule has 4 rings (SSSR count). The lowest BCUT2D eigenvalue weighted by Gasteiger charge is -2.07. The van der Waals surface area contributed by atoms with Gasteiger partial charge in [-0.3, -0.25) is 0 Å². The fraction of sp³-hybridized carbons (Fsp3) is 0.0800. The first-order valence-electron chi connectivity index (χ1n) is 10.1. The predicted octanol–water partition coefficient (Wildman–Crippen LogP) is 5.57. The van der Waals surface area contributed by atoms with E-state index in [4.69, 9.17) is 4.74 Å². The predicted molar refractivity (Wildman–Crippen MR) is 117 cm³/mol. The van der Waals surface area contributed by atoms with Crippen molar-refractivity contribution in [3.8, 4) is 28.1 Å². The Labute approximate surface area is 192 Å². The molecule has 1 heterocycles. The number of alkyl halides is 3. The molecule has 0 unspecified atom stereocenters. The number of esters is 2. The molecule has 0 bridgehead atoms. The number of imidazole rings is 1. The van der Waals surface area contributed by atoms with Crippen LogP contribution in [-0.2, 0) is 16.1 Å². The van der Waals surface area contributed by atoms with Gasteiger partial charge in [0.25, 0.3) is 0 Å². The second kappa shape index (κ2) is 9.62. The van der Waals surface area contributed by atoms with Gasteiger partial charge in [0, 0.05) is 0 Å². The second-order valence-corrected chi connectivity index (χ2v) is 7.17. The number of halogens is 3. The van der Waals surface area contributed by atoms with Gasteiger partial charge in [0.1, 0.15) is 18.2 Å². The number of hydrogen-bond acceptors (Lipinski definition) is 5. The average molecular weight is 466 g/mol. The van der Waals surface area contributed by atoms with Crippen molar-refractivity contribution in [1.82, 2.24) is 9.97 Å². The molecular weight excluding hydrogens is 449 g/mol. The summed E-state index contributed by atoms with van der Waals surface area (Å²) in [6.07, 6.45) is -3.52. The van der Waals surface area contributed by atoms with Crippen LogP contribution in [0.3, 0.4) is 0 Å². The van der Waals surface area contributed by atoms with Crippen molar-refractivity contribution in [2.45, 2.75) is 12.8 Å². The Balaban J connectivity index is 1.39. The summed E-state index contributed by atoms with van der Waals surface area (Å²) >= 11 is 0. The van der Waals surface area contributed by atoms with Gasteiger partial charge in [-0.1, -0.05) is 54.6 Å². The third-order valence-electron chi connectivity index (χ3n) is 4.81. The number of aromatic amines is 1. The number of rotatable bonds is 6. The number of nitrogens with zero attached hydrogens (tertiary/aromatic N) is 1. The minimum absolute atomic E-state index is 0.166. The number of hydrogen-bond donors (Lipinski definition) is 1. The van der Waals surface area contributed by atoms with Crippen molar-refractivity contribution in [2.75, 3.05) is 0 Å². The van der Waals surface area contributed by atoms with Gasteiger partial charge in [0.05, 0.1) is 17.5 Å². The van der Waals surface area contributed by atoms with E-state index in [1.807, 2.05) is 54.6 Å². The molecule has 0 amide bonds. The van der Waals surface area contributed by atoms with Gasteiger partial charge in [-0.25, -0.2) is 14.6 Å². The molecule has 0 aliphatic heterocycles. The molecule has 0 aliphatic carbocycles. The molecule has 0 aliphatic rings. The molecule has 6 nitrogen and oxygen atoms in total. The van der Waals surface area contributed by atoms with E-state index in [2.05, 4.69) is 14.7 Å². The minimum atomic E-state index is -5.23. The van der Waals surface area contributed by atoms with Crippen molar-refractivity contribution < 1.29 is 32.2 Å². The highest BCUT2D eigenvalue weighted by Crippen LogP contribution is 2.25. The molecule has 34 heavy (non-hydrogen) atoms. The van der Waals surface area contributed by atoms with E-state index in [0.717, 1.165) is 28.1 Å². The number of ether oxygens (including phenoxy) is 2. The fourth-order valence-electron chi connectivity index (χ4n) is 3.09. The standard InChI is InChI=1S/C25H17F3N2O4/c26-25(27,28)24(32)34-23(31)19-12-8-17(9-13-19)16-6-10-18(11-7-16)21-14-29-22(30-21)15-33-20-4-2-1-3-5-20/h1-14H,15H2,(H,29,30). The van der Waals surface area contributed by atoms with Crippen LogP contribution in [0.15, 0.2) is 85.1 Å². The maximum absolute atomic E-state index is 12.2. The molecule has 0 saturated carbocycles. The van der Waals surface area contributed by atoms with Crippen LogP contribution in [0.4, 0.5) is 13.2 Å². The van der Waals surface area contributed by atoms with Gasteiger partial charge in [0.15, 0.2) is 0 Å². The van der Waals surface area contributed by atoms with Crippen LogP contribution in [-0.4, -0.2) is 28.1 Å². The molecular formula is C25H17F3N2O4. The van der Waals surface area contributed by atoms with Crippen molar-refractivity contribution in [2.24, 2.45) is 0 Å². The number of benzene rings is 3. The highest BCUT2D eigenvalue weighted by Gasteiger charge is 2.42. The summed E-state index contributed by atoms with van der Waals surface area (Å²) in [6.45, 7) is 0.297. The lowest BCUT2D eigenvalue weighted by molar-refractivity contribution is -0.193. The molecule has 172 valence electrons. The van der Waals surface area contributed by atoms with E-state index in [-0.39, 0.29) is 5.56 Å². The normalized spacial score (nSPS) is 11.1. The van der Waals surface area contributed by atoms with Crippen molar-refractivity contribution >= 4 is 11.9 Å². The summed E-state index contributed by atoms with van der Waals surface area (Å²) in [4.78, 5) is 30.1. The number of H-pyrrole nitrogens is 1. The highest BCUT2D eigenvalue weighted by atomic mass is 19.4. The molecule has 4 aromatic rings. The molecule has 9 heteroatoms. The van der Waals surface area contributed by atoms with E-state index in [1.54, 1.807) is 18.3 Å². The van der Waals surface area contributed by atoms with Crippen LogP contribution in [0.25, 0.3) is 22.4 Å². The van der Waals surface area contributed by atoms with Crippen molar-refractivity contribution in [3.63, 3.8) is 0 Å². The Morgan fingerprint density at radius 1 is 0.824 bits per heavy atom. The van der Waals surface area contributed by atoms with Crippen LogP contribution in [0, 0.1) is 0 Å². The molecule has 0 spiro atoms. The van der Waals surface area contributed by atoms with E-state index in [1.165, 1.54) is 12.1 Å². The summed E-state index contributed by atoms with van der Waals surface area (Å²) in [5.74, 6) is -2.49. The van der Waals surface area contributed by atoms with Gasteiger partial charge < -0.3 is 14.5 Å². The fourth-order valence-corrected chi connectivity index (χ4v) is 3.09. The first-order valence-corrected chi connectivity index (χ1v) is 10.1. The zero-order chi connectivity index (χ0) is 24.1. The minimum Gasteiger partial charge on any atom is -0.486 e. The molecule has 0 radical (unpaired) electrons. The lowest BCUT2D eigenvalue weighted by atomic mass is 10.0. The summed E-state index contributed by atoms with van der Waals surface area (Å²) in [5, 5.41) is 0. The molecule has 3 aromatic carbocycles. The summed E-state index contributed by atoms with van der Waals surface area (Å²) in [7, 11) is 0. The Kier molecular flexibility index (Phi) is 6.44. The van der Waals surface area contributed by atoms with E-state index in [0.29, 0.717) is 12.4 Å². The number of carbonyl (C=O) groups is 2. The lowest BCUT2D eigenvalue weighted by Crippen LogP contribution is -2.28. The van der Waals surface area contributed by atoms with Gasteiger partial charge in [-0.15, -0.1) is 0 Å². The zero-order valence-corrected chi connectivity index (χ0v) is 17.5. The Hall–Kier alpha value is -4.40. The van der Waals surface area contributed by atoms with E-state index in [9.17, 15) is 22.8 Å². The Morgan fingerprint density at radius 3 is 2.03 bits per heavy atom. The first kappa shape index (κ1) is 22.8. The second-order valence-electron chi connectivity index (χ2n) is 7.17. The smallest absolute Gasteiger partial charge is 0.486 e. The van der Waals surface area contributed by atoms with Gasteiger partial charge in [-0.05, 0) is 41.0 Å². The highest BCUT2D eigenvalue weighted by molar-refractivity contribution is 5.98. The molecule has 0 atom stereocenters. The van der Waals surface area contributed by atoms with Crippen LogP contribution >= 0.6 is 0 Å². The zero-order valence-electron chi connectivity index (χ0n) is 17.5. The Morgan fingerprint density at radius 2 is 1.41 bits per heavy atom. The third kappa shape index (κ3) is 5.50. The number of para-hydroxylation sites is 1. The maximum Gasteiger partial charge on any atom is 0.491 e. The van der Waals surface area contributed by atoms with Gasteiger partial charge in [-0.2, -0.15) is 13.2 Å². The van der Waals surface area contributed by atoms with Crippen molar-refractivity contribution in [1.29, 1.82) is 0 Å².